The van der Waals surface area contributed by atoms with E-state index in [1.807, 2.05) is 0 Å². The summed E-state index contributed by atoms with van der Waals surface area (Å²) in [6, 6.07) is 3.57. The molecule has 0 fully saturated rings. The number of thiazole rings is 1. The maximum Gasteiger partial charge on any atom is 0.358 e. The van der Waals surface area contributed by atoms with Gasteiger partial charge in [0, 0.05) is 29.3 Å². The third-order valence-corrected chi connectivity index (χ3v) is 3.66. The van der Waals surface area contributed by atoms with E-state index in [2.05, 4.69) is 9.97 Å². The summed E-state index contributed by atoms with van der Waals surface area (Å²) in [4.78, 5) is 31.1. The van der Waals surface area contributed by atoms with Gasteiger partial charge >= 0.3 is 11.9 Å². The number of aryl methyl sites for hydroxylation is 1. The first-order valence-corrected chi connectivity index (χ1v) is 7.98. The SMILES string of the molecule is CC(C)(C)OC(=O)c1csc(-c2ccnc(CCC(=O)O)c2)n1. The fraction of sp³-hybridized carbons (Fsp3) is 0.375. The van der Waals surface area contributed by atoms with Crippen LogP contribution in [-0.4, -0.2) is 32.6 Å². The van der Waals surface area contributed by atoms with Crippen LogP contribution in [0, 0.1) is 0 Å². The van der Waals surface area contributed by atoms with E-state index in [1.54, 1.807) is 44.5 Å². The monoisotopic (exact) mass is 334 g/mol. The minimum atomic E-state index is -0.862. The van der Waals surface area contributed by atoms with Crippen LogP contribution < -0.4 is 0 Å². The summed E-state index contributed by atoms with van der Waals surface area (Å²) in [5.41, 5.74) is 1.18. The van der Waals surface area contributed by atoms with Crippen molar-refractivity contribution in [2.75, 3.05) is 0 Å². The topological polar surface area (TPSA) is 89.4 Å². The van der Waals surface area contributed by atoms with Crippen LogP contribution in [0.1, 0.15) is 43.4 Å². The van der Waals surface area contributed by atoms with Crippen molar-refractivity contribution in [3.63, 3.8) is 0 Å². The predicted molar refractivity (Wildman–Crippen MR) is 86.5 cm³/mol. The van der Waals surface area contributed by atoms with E-state index in [-0.39, 0.29) is 12.1 Å². The van der Waals surface area contributed by atoms with Crippen LogP contribution in [0.3, 0.4) is 0 Å². The van der Waals surface area contributed by atoms with Crippen molar-refractivity contribution >= 4 is 23.3 Å². The van der Waals surface area contributed by atoms with E-state index in [1.165, 1.54) is 11.3 Å². The number of ether oxygens (including phenoxy) is 1. The predicted octanol–water partition coefficient (Wildman–Crippen LogP) is 3.18. The maximum atomic E-state index is 12.0. The van der Waals surface area contributed by atoms with Gasteiger partial charge in [-0.05, 0) is 32.9 Å². The average molecular weight is 334 g/mol. The molecular weight excluding hydrogens is 316 g/mol. The first kappa shape index (κ1) is 17.1. The highest BCUT2D eigenvalue weighted by atomic mass is 32.1. The average Bonchev–Trinajstić information content (AvgIpc) is 2.93. The molecule has 2 rings (SSSR count). The van der Waals surface area contributed by atoms with Crippen molar-refractivity contribution in [2.24, 2.45) is 0 Å². The molecule has 6 nitrogen and oxygen atoms in total. The van der Waals surface area contributed by atoms with Crippen LogP contribution in [0.5, 0.6) is 0 Å². The van der Waals surface area contributed by atoms with Crippen LogP contribution >= 0.6 is 11.3 Å². The van der Waals surface area contributed by atoms with Crippen LogP contribution in [0.2, 0.25) is 0 Å². The number of carboxylic acid groups (broad SMARTS) is 1. The Morgan fingerprint density at radius 2 is 2.09 bits per heavy atom. The summed E-state index contributed by atoms with van der Waals surface area (Å²) in [5.74, 6) is -1.32. The number of aliphatic carboxylic acids is 1. The zero-order chi connectivity index (χ0) is 17.0. The van der Waals surface area contributed by atoms with Gasteiger partial charge in [0.05, 0.1) is 6.42 Å². The molecule has 0 radical (unpaired) electrons. The number of hydrogen-bond acceptors (Lipinski definition) is 6. The molecule has 23 heavy (non-hydrogen) atoms. The highest BCUT2D eigenvalue weighted by Gasteiger charge is 2.20. The molecule has 0 unspecified atom stereocenters. The molecular formula is C16H18N2O4S. The second kappa shape index (κ2) is 6.87. The Hall–Kier alpha value is -2.28. The molecule has 0 aromatic carbocycles. The minimum Gasteiger partial charge on any atom is -0.481 e. The van der Waals surface area contributed by atoms with Crippen LogP contribution in [0.25, 0.3) is 10.6 Å². The molecule has 122 valence electrons. The molecule has 0 saturated carbocycles. The van der Waals surface area contributed by atoms with Crippen molar-refractivity contribution in [1.29, 1.82) is 0 Å². The molecule has 0 saturated heterocycles. The molecule has 0 aliphatic rings. The van der Waals surface area contributed by atoms with Crippen LogP contribution in [0.15, 0.2) is 23.7 Å². The van der Waals surface area contributed by atoms with Crippen LogP contribution in [0.4, 0.5) is 0 Å². The Kier molecular flexibility index (Phi) is 5.10. The number of hydrogen-bond donors (Lipinski definition) is 1. The zero-order valence-electron chi connectivity index (χ0n) is 13.2. The number of rotatable bonds is 5. The summed E-state index contributed by atoms with van der Waals surface area (Å²) in [7, 11) is 0. The summed E-state index contributed by atoms with van der Waals surface area (Å²) >= 11 is 1.33. The Morgan fingerprint density at radius 1 is 1.35 bits per heavy atom. The van der Waals surface area contributed by atoms with E-state index >= 15 is 0 Å². The number of carbonyl (C=O) groups excluding carboxylic acids is 1. The van der Waals surface area contributed by atoms with Gasteiger partial charge in [-0.1, -0.05) is 0 Å². The van der Waals surface area contributed by atoms with Gasteiger partial charge in [0.2, 0.25) is 0 Å². The maximum absolute atomic E-state index is 12.0. The third kappa shape index (κ3) is 5.14. The summed E-state index contributed by atoms with van der Waals surface area (Å²) in [6.45, 7) is 5.40. The summed E-state index contributed by atoms with van der Waals surface area (Å²) in [5, 5.41) is 11.1. The lowest BCUT2D eigenvalue weighted by atomic mass is 10.1. The smallest absolute Gasteiger partial charge is 0.358 e. The molecule has 1 N–H and O–H groups in total. The quantitative estimate of drug-likeness (QED) is 0.845. The number of pyridine rings is 1. The highest BCUT2D eigenvalue weighted by Crippen LogP contribution is 2.25. The fourth-order valence-corrected chi connectivity index (χ4v) is 2.60. The molecule has 0 amide bonds. The van der Waals surface area contributed by atoms with E-state index in [0.717, 1.165) is 5.56 Å². The third-order valence-electron chi connectivity index (χ3n) is 2.77. The van der Waals surface area contributed by atoms with Gasteiger partial charge in [-0.15, -0.1) is 11.3 Å². The molecule has 2 heterocycles. The lowest BCUT2D eigenvalue weighted by molar-refractivity contribution is -0.136. The Balaban J connectivity index is 2.15. The molecule has 0 aliphatic carbocycles. The molecule has 7 heteroatoms. The van der Waals surface area contributed by atoms with Crippen LogP contribution in [-0.2, 0) is 16.0 Å². The van der Waals surface area contributed by atoms with Gasteiger partial charge in [-0.25, -0.2) is 9.78 Å². The molecule has 0 spiro atoms. The standard InChI is InChI=1S/C16H18N2O4S/c1-16(2,3)22-15(21)12-9-23-14(18-12)10-6-7-17-11(8-10)4-5-13(19)20/h6-9H,4-5H2,1-3H3,(H,19,20). The second-order valence-corrected chi connectivity index (χ2v) is 6.83. The first-order chi connectivity index (χ1) is 10.7. The lowest BCUT2D eigenvalue weighted by Crippen LogP contribution is -2.24. The van der Waals surface area contributed by atoms with Gasteiger partial charge in [-0.2, -0.15) is 0 Å². The largest absolute Gasteiger partial charge is 0.481 e. The van der Waals surface area contributed by atoms with E-state index in [0.29, 0.717) is 17.1 Å². The van der Waals surface area contributed by atoms with Crippen molar-refractivity contribution < 1.29 is 19.4 Å². The number of carboxylic acids is 1. The number of aromatic nitrogens is 2. The zero-order valence-corrected chi connectivity index (χ0v) is 14.0. The van der Waals surface area contributed by atoms with E-state index < -0.39 is 17.5 Å². The molecule has 0 atom stereocenters. The van der Waals surface area contributed by atoms with Crippen molar-refractivity contribution in [2.45, 2.75) is 39.2 Å². The van der Waals surface area contributed by atoms with Gasteiger partial charge < -0.3 is 9.84 Å². The molecule has 2 aromatic heterocycles. The molecule has 2 aromatic rings. The Labute approximate surface area is 138 Å². The van der Waals surface area contributed by atoms with E-state index in [9.17, 15) is 9.59 Å². The van der Waals surface area contributed by atoms with E-state index in [4.69, 9.17) is 9.84 Å². The number of nitrogens with zero attached hydrogens (tertiary/aromatic N) is 2. The van der Waals surface area contributed by atoms with Crippen molar-refractivity contribution in [3.8, 4) is 10.6 Å². The van der Waals surface area contributed by atoms with Gasteiger partial charge in [0.1, 0.15) is 10.6 Å². The van der Waals surface area contributed by atoms with Gasteiger partial charge in [-0.3, -0.25) is 9.78 Å². The summed E-state index contributed by atoms with van der Waals surface area (Å²) in [6.07, 6.45) is 1.99. The lowest BCUT2D eigenvalue weighted by Gasteiger charge is -2.18. The number of esters is 1. The number of carbonyl (C=O) groups is 2. The van der Waals surface area contributed by atoms with Crippen molar-refractivity contribution in [1.82, 2.24) is 9.97 Å². The normalized spacial score (nSPS) is 11.3. The fourth-order valence-electron chi connectivity index (χ4n) is 1.81. The molecule has 0 bridgehead atoms. The van der Waals surface area contributed by atoms with Crippen molar-refractivity contribution in [3.05, 3.63) is 35.1 Å². The van der Waals surface area contributed by atoms with Gasteiger partial charge in [0.25, 0.3) is 0 Å². The minimum absolute atomic E-state index is 0.0253. The second-order valence-electron chi connectivity index (χ2n) is 5.97. The summed E-state index contributed by atoms with van der Waals surface area (Å²) < 4.78 is 5.29. The molecule has 0 aliphatic heterocycles. The highest BCUT2D eigenvalue weighted by molar-refractivity contribution is 7.13. The Morgan fingerprint density at radius 3 is 2.74 bits per heavy atom. The van der Waals surface area contributed by atoms with Gasteiger partial charge in [0.15, 0.2) is 5.69 Å². The first-order valence-electron chi connectivity index (χ1n) is 7.10. The Bertz CT molecular complexity index is 719.